The SMILES string of the molecule is [B](Cc1ccccc1)c1ccc2ccc3cccc4ccc1c2c34. The largest absolute Gasteiger partial charge is 0.157 e. The van der Waals surface area contributed by atoms with E-state index in [-0.39, 0.29) is 0 Å². The summed E-state index contributed by atoms with van der Waals surface area (Å²) >= 11 is 0. The van der Waals surface area contributed by atoms with Crippen molar-refractivity contribution < 1.29 is 0 Å². The zero-order valence-corrected chi connectivity index (χ0v) is 13.4. The number of hydrogen-bond donors (Lipinski definition) is 0. The van der Waals surface area contributed by atoms with Crippen LogP contribution in [-0.2, 0) is 6.32 Å². The van der Waals surface area contributed by atoms with Crippen LogP contribution < -0.4 is 5.46 Å². The molecule has 0 N–H and O–H groups in total. The molecule has 5 rings (SSSR count). The van der Waals surface area contributed by atoms with E-state index in [0.717, 1.165) is 6.32 Å². The van der Waals surface area contributed by atoms with Crippen molar-refractivity contribution in [1.29, 1.82) is 0 Å². The maximum absolute atomic E-state index is 2.35. The van der Waals surface area contributed by atoms with Crippen molar-refractivity contribution in [1.82, 2.24) is 0 Å². The van der Waals surface area contributed by atoms with Crippen molar-refractivity contribution in [2.45, 2.75) is 6.32 Å². The molecular weight excluding hydrogens is 287 g/mol. The van der Waals surface area contributed by atoms with Crippen LogP contribution in [-0.4, -0.2) is 7.28 Å². The summed E-state index contributed by atoms with van der Waals surface area (Å²) in [6.07, 6.45) is 0.963. The maximum atomic E-state index is 2.35. The summed E-state index contributed by atoms with van der Waals surface area (Å²) in [5, 5.41) is 8.12. The molecule has 24 heavy (non-hydrogen) atoms. The molecule has 5 aromatic rings. The molecule has 0 bridgehead atoms. The molecular formula is C23H16B. The zero-order chi connectivity index (χ0) is 15.9. The summed E-state index contributed by atoms with van der Waals surface area (Å²) in [4.78, 5) is 0. The molecule has 0 nitrogen and oxygen atoms in total. The predicted molar refractivity (Wildman–Crippen MR) is 106 cm³/mol. The third-order valence-electron chi connectivity index (χ3n) is 4.96. The van der Waals surface area contributed by atoms with E-state index in [0.29, 0.717) is 0 Å². The first-order chi connectivity index (χ1) is 11.9. The van der Waals surface area contributed by atoms with Gasteiger partial charge in [0.05, 0.1) is 0 Å². The van der Waals surface area contributed by atoms with Gasteiger partial charge in [0.2, 0.25) is 0 Å². The molecule has 0 fully saturated rings. The van der Waals surface area contributed by atoms with E-state index in [1.807, 2.05) is 0 Å². The number of benzene rings is 5. The lowest BCUT2D eigenvalue weighted by atomic mass is 9.63. The minimum atomic E-state index is 0.963. The second-order valence-corrected chi connectivity index (χ2v) is 6.40. The molecule has 0 aliphatic rings. The first-order valence-electron chi connectivity index (χ1n) is 8.44. The highest BCUT2D eigenvalue weighted by atomic mass is 14.1. The first-order valence-corrected chi connectivity index (χ1v) is 8.44. The van der Waals surface area contributed by atoms with Crippen LogP contribution >= 0.6 is 0 Å². The molecule has 1 radical (unpaired) electrons. The first kappa shape index (κ1) is 13.6. The lowest BCUT2D eigenvalue weighted by Gasteiger charge is -2.13. The summed E-state index contributed by atoms with van der Waals surface area (Å²) in [5.74, 6) is 0. The van der Waals surface area contributed by atoms with E-state index in [2.05, 4.69) is 92.2 Å². The molecule has 0 unspecified atom stereocenters. The second kappa shape index (κ2) is 5.38. The quantitative estimate of drug-likeness (QED) is 0.321. The van der Waals surface area contributed by atoms with Crippen LogP contribution in [0.3, 0.4) is 0 Å². The normalized spacial score (nSPS) is 11.5. The Morgan fingerprint density at radius 3 is 2.00 bits per heavy atom. The van der Waals surface area contributed by atoms with Crippen molar-refractivity contribution in [2.75, 3.05) is 0 Å². The van der Waals surface area contributed by atoms with Crippen LogP contribution in [0.4, 0.5) is 0 Å². The molecule has 0 saturated heterocycles. The molecule has 5 aromatic carbocycles. The van der Waals surface area contributed by atoms with E-state index >= 15 is 0 Å². The van der Waals surface area contributed by atoms with Crippen molar-refractivity contribution in [3.8, 4) is 0 Å². The van der Waals surface area contributed by atoms with Gasteiger partial charge in [-0.25, -0.2) is 0 Å². The van der Waals surface area contributed by atoms with Crippen molar-refractivity contribution >= 4 is 45.1 Å². The van der Waals surface area contributed by atoms with Gasteiger partial charge in [-0.15, -0.1) is 0 Å². The van der Waals surface area contributed by atoms with Crippen molar-refractivity contribution in [3.05, 3.63) is 90.5 Å². The predicted octanol–water partition coefficient (Wildman–Crippen LogP) is 5.11. The van der Waals surface area contributed by atoms with Crippen molar-refractivity contribution in [2.24, 2.45) is 0 Å². The van der Waals surface area contributed by atoms with E-state index in [9.17, 15) is 0 Å². The topological polar surface area (TPSA) is 0 Å². The lowest BCUT2D eigenvalue weighted by Crippen LogP contribution is -2.17. The van der Waals surface area contributed by atoms with E-state index in [4.69, 9.17) is 0 Å². The minimum Gasteiger partial charge on any atom is -0.0797 e. The van der Waals surface area contributed by atoms with Crippen molar-refractivity contribution in [3.63, 3.8) is 0 Å². The Labute approximate surface area is 142 Å². The highest BCUT2D eigenvalue weighted by Crippen LogP contribution is 2.33. The van der Waals surface area contributed by atoms with Crippen LogP contribution in [0.2, 0.25) is 0 Å². The van der Waals surface area contributed by atoms with Gasteiger partial charge >= 0.3 is 0 Å². The average Bonchev–Trinajstić information content (AvgIpc) is 2.66. The summed E-state index contributed by atoms with van der Waals surface area (Å²) in [6.45, 7) is 0. The Kier molecular flexibility index (Phi) is 3.06. The Bertz CT molecular complexity index is 1130. The Hall–Kier alpha value is -2.80. The summed E-state index contributed by atoms with van der Waals surface area (Å²) in [5.41, 5.74) is 2.67. The fourth-order valence-electron chi connectivity index (χ4n) is 3.78. The molecule has 111 valence electrons. The van der Waals surface area contributed by atoms with E-state index < -0.39 is 0 Å². The van der Waals surface area contributed by atoms with Crippen LogP contribution in [0.25, 0.3) is 32.3 Å². The molecule has 0 saturated carbocycles. The van der Waals surface area contributed by atoms with Crippen LogP contribution in [0.5, 0.6) is 0 Å². The Morgan fingerprint density at radius 2 is 1.21 bits per heavy atom. The monoisotopic (exact) mass is 303 g/mol. The zero-order valence-electron chi connectivity index (χ0n) is 13.4. The fourth-order valence-corrected chi connectivity index (χ4v) is 3.78. The van der Waals surface area contributed by atoms with Gasteiger partial charge in [-0.05, 0) is 38.6 Å². The minimum absolute atomic E-state index is 0.963. The molecule has 1 heteroatoms. The smallest absolute Gasteiger partial charge is 0.0797 e. The van der Waals surface area contributed by atoms with Gasteiger partial charge in [0.15, 0.2) is 7.28 Å². The van der Waals surface area contributed by atoms with Gasteiger partial charge in [0.1, 0.15) is 0 Å². The van der Waals surface area contributed by atoms with Crippen LogP contribution in [0.1, 0.15) is 5.56 Å². The Balaban J connectivity index is 1.69. The van der Waals surface area contributed by atoms with Gasteiger partial charge in [-0.1, -0.05) is 96.0 Å². The summed E-state index contributed by atoms with van der Waals surface area (Å²) in [7, 11) is 2.35. The molecule has 0 amide bonds. The molecule has 0 atom stereocenters. The lowest BCUT2D eigenvalue weighted by molar-refractivity contribution is 1.39. The molecule has 0 heterocycles. The van der Waals surface area contributed by atoms with Crippen LogP contribution in [0.15, 0.2) is 84.9 Å². The highest BCUT2D eigenvalue weighted by molar-refractivity contribution is 6.57. The van der Waals surface area contributed by atoms with E-state index in [1.54, 1.807) is 0 Å². The molecule has 0 aliphatic heterocycles. The van der Waals surface area contributed by atoms with Gasteiger partial charge in [0.25, 0.3) is 0 Å². The highest BCUT2D eigenvalue weighted by Gasteiger charge is 2.10. The summed E-state index contributed by atoms with van der Waals surface area (Å²) in [6, 6.07) is 30.7. The van der Waals surface area contributed by atoms with Crippen LogP contribution in [0, 0.1) is 0 Å². The average molecular weight is 303 g/mol. The summed E-state index contributed by atoms with van der Waals surface area (Å²) < 4.78 is 0. The van der Waals surface area contributed by atoms with Gasteiger partial charge in [-0.2, -0.15) is 0 Å². The van der Waals surface area contributed by atoms with Gasteiger partial charge in [-0.3, -0.25) is 0 Å². The standard InChI is InChI=1S/C23H16B/c1-2-5-16(6-3-1)15-24-21-14-12-19-10-9-17-7-4-8-18-11-13-20(21)23(19)22(17)18/h1-14H,15H2. The molecule has 0 spiro atoms. The molecule has 0 aromatic heterocycles. The third-order valence-corrected chi connectivity index (χ3v) is 4.96. The maximum Gasteiger partial charge on any atom is 0.157 e. The number of rotatable bonds is 3. The van der Waals surface area contributed by atoms with Gasteiger partial charge < -0.3 is 0 Å². The second-order valence-electron chi connectivity index (χ2n) is 6.40. The fraction of sp³-hybridized carbons (Fsp3) is 0.0435. The molecule has 0 aliphatic carbocycles. The number of hydrogen-bond acceptors (Lipinski definition) is 0. The van der Waals surface area contributed by atoms with Gasteiger partial charge in [0, 0.05) is 0 Å². The van der Waals surface area contributed by atoms with E-state index in [1.165, 1.54) is 43.3 Å². The Morgan fingerprint density at radius 1 is 0.542 bits per heavy atom. The third kappa shape index (κ3) is 2.09.